The van der Waals surface area contributed by atoms with Crippen molar-refractivity contribution in [2.24, 2.45) is 0 Å². The summed E-state index contributed by atoms with van der Waals surface area (Å²) in [6, 6.07) is 0. The van der Waals surface area contributed by atoms with Gasteiger partial charge in [0.25, 0.3) is 0 Å². The molecule has 6 nitrogen and oxygen atoms in total. The van der Waals surface area contributed by atoms with E-state index in [0.717, 1.165) is 19.3 Å². The van der Waals surface area contributed by atoms with E-state index in [9.17, 15) is 14.4 Å². The minimum atomic E-state index is -0.0666. The molecule has 0 fully saturated rings. The van der Waals surface area contributed by atoms with Gasteiger partial charge in [0.1, 0.15) is 0 Å². The van der Waals surface area contributed by atoms with Crippen LogP contribution in [0.4, 0.5) is 0 Å². The highest BCUT2D eigenvalue weighted by atomic mass is 16.5. The maximum atomic E-state index is 10.9. The molecule has 0 aliphatic rings. The van der Waals surface area contributed by atoms with Crippen LogP contribution in [0.15, 0.2) is 0 Å². The van der Waals surface area contributed by atoms with Gasteiger partial charge < -0.3 is 14.2 Å². The van der Waals surface area contributed by atoms with Crippen molar-refractivity contribution in [2.45, 2.75) is 329 Å². The molecule has 0 heterocycles. The van der Waals surface area contributed by atoms with E-state index in [2.05, 4.69) is 35.0 Å². The fourth-order valence-corrected chi connectivity index (χ4v) is 8.23. The van der Waals surface area contributed by atoms with Crippen molar-refractivity contribution >= 4 is 17.9 Å². The molecule has 0 radical (unpaired) electrons. The van der Waals surface area contributed by atoms with Crippen molar-refractivity contribution in [3.05, 3.63) is 0 Å². The lowest BCUT2D eigenvalue weighted by atomic mass is 10.0. The number of hydrogen-bond acceptors (Lipinski definition) is 6. The molecule has 0 amide bonds. The molecule has 0 spiro atoms. The van der Waals surface area contributed by atoms with Crippen molar-refractivity contribution in [3.63, 3.8) is 0 Å². The normalized spacial score (nSPS) is 10.8. The van der Waals surface area contributed by atoms with Crippen LogP contribution < -0.4 is 0 Å². The van der Waals surface area contributed by atoms with E-state index in [4.69, 9.17) is 0 Å². The Morgan fingerprint density at radius 1 is 0.206 bits per heavy atom. The second kappa shape index (κ2) is 62.5. The summed E-state index contributed by atoms with van der Waals surface area (Å²) < 4.78 is 13.9. The molecule has 0 aromatic rings. The molecule has 0 aliphatic carbocycles. The monoisotopic (exact) mass is 895 g/mol. The minimum Gasteiger partial charge on any atom is -0.469 e. The van der Waals surface area contributed by atoms with Crippen LogP contribution in [-0.4, -0.2) is 39.2 Å². The van der Waals surface area contributed by atoms with E-state index < -0.39 is 0 Å². The molecule has 0 saturated carbocycles. The summed E-state index contributed by atoms with van der Waals surface area (Å²) in [6.07, 6.45) is 62.8. The molecular formula is C57H114O6. The topological polar surface area (TPSA) is 78.9 Å². The zero-order valence-corrected chi connectivity index (χ0v) is 43.9. The van der Waals surface area contributed by atoms with E-state index in [1.165, 1.54) is 291 Å². The number of hydrogen-bond donors (Lipinski definition) is 0. The Labute approximate surface area is 395 Å². The summed E-state index contributed by atoms with van der Waals surface area (Å²) in [5, 5.41) is 0. The van der Waals surface area contributed by atoms with Crippen LogP contribution in [0.5, 0.6) is 0 Å². The Balaban J connectivity index is -0.000000861. The number of ether oxygens (including phenoxy) is 3. The van der Waals surface area contributed by atoms with Gasteiger partial charge in [-0.2, -0.15) is 0 Å². The van der Waals surface area contributed by atoms with Crippen molar-refractivity contribution < 1.29 is 28.6 Å². The van der Waals surface area contributed by atoms with Crippen molar-refractivity contribution in [1.29, 1.82) is 0 Å². The highest BCUT2D eigenvalue weighted by Crippen LogP contribution is 2.17. The van der Waals surface area contributed by atoms with Gasteiger partial charge in [-0.15, -0.1) is 0 Å². The Hall–Kier alpha value is -1.59. The molecule has 0 rings (SSSR count). The van der Waals surface area contributed by atoms with Gasteiger partial charge in [-0.05, 0) is 19.3 Å². The third kappa shape index (κ3) is 67.1. The third-order valence-corrected chi connectivity index (χ3v) is 12.6. The number of carbonyl (C=O) groups is 3. The summed E-state index contributed by atoms with van der Waals surface area (Å²) in [6.45, 7) is 6.83. The quantitative estimate of drug-likeness (QED) is 0.0344. The number of esters is 3. The Morgan fingerprint density at radius 2 is 0.317 bits per heavy atom. The molecular weight excluding hydrogens is 781 g/mol. The van der Waals surface area contributed by atoms with Crippen LogP contribution in [0.1, 0.15) is 329 Å². The van der Waals surface area contributed by atoms with Gasteiger partial charge in [-0.25, -0.2) is 0 Å². The average molecular weight is 896 g/mol. The van der Waals surface area contributed by atoms with Gasteiger partial charge in [0.05, 0.1) is 21.3 Å². The first kappa shape index (κ1) is 65.7. The minimum absolute atomic E-state index is 0.0639. The average Bonchev–Trinajstić information content (AvgIpc) is 3.30. The Morgan fingerprint density at radius 3 is 0.429 bits per heavy atom. The van der Waals surface area contributed by atoms with E-state index in [-0.39, 0.29) is 17.9 Å². The third-order valence-electron chi connectivity index (χ3n) is 12.6. The molecule has 0 bridgehead atoms. The molecule has 0 saturated heterocycles. The summed E-state index contributed by atoms with van der Waals surface area (Å²) in [5.74, 6) is -0.196. The second-order valence-electron chi connectivity index (χ2n) is 18.8. The van der Waals surface area contributed by atoms with Crippen LogP contribution in [0, 0.1) is 0 Å². The van der Waals surface area contributed by atoms with Gasteiger partial charge in [0, 0.05) is 19.3 Å². The first-order valence-electron chi connectivity index (χ1n) is 28.1. The SMILES string of the molecule is CCCCCCCCCCCCCCCC(=O)OC.CCCCCCCCCCCCCCCCCC(=O)OC.CCCCCCCCCCCCCCCCCCCC(=O)OC. The van der Waals surface area contributed by atoms with E-state index in [1.54, 1.807) is 0 Å². The maximum absolute atomic E-state index is 10.9. The van der Waals surface area contributed by atoms with Gasteiger partial charge in [0.2, 0.25) is 0 Å². The van der Waals surface area contributed by atoms with Gasteiger partial charge in [-0.1, -0.05) is 290 Å². The zero-order valence-electron chi connectivity index (χ0n) is 43.9. The lowest BCUT2D eigenvalue weighted by molar-refractivity contribution is -0.141. The number of unbranched alkanes of at least 4 members (excludes halogenated alkanes) is 42. The molecule has 0 aromatic heterocycles. The van der Waals surface area contributed by atoms with Gasteiger partial charge >= 0.3 is 17.9 Å². The first-order chi connectivity index (χ1) is 30.9. The van der Waals surface area contributed by atoms with E-state index >= 15 is 0 Å². The molecule has 0 unspecified atom stereocenters. The Bertz CT molecular complexity index is 860. The van der Waals surface area contributed by atoms with Crippen molar-refractivity contribution in [1.82, 2.24) is 0 Å². The Kier molecular flexibility index (Phi) is 65.2. The maximum Gasteiger partial charge on any atom is 0.305 e. The lowest BCUT2D eigenvalue weighted by Gasteiger charge is -2.03. The van der Waals surface area contributed by atoms with Crippen LogP contribution in [0.3, 0.4) is 0 Å². The predicted octanol–water partition coefficient (Wildman–Crippen LogP) is 19.3. The molecule has 0 aromatic carbocycles. The molecule has 378 valence electrons. The molecule has 0 atom stereocenters. The fourth-order valence-electron chi connectivity index (χ4n) is 8.23. The van der Waals surface area contributed by atoms with Crippen LogP contribution in [0.2, 0.25) is 0 Å². The largest absolute Gasteiger partial charge is 0.469 e. The second-order valence-corrected chi connectivity index (χ2v) is 18.8. The van der Waals surface area contributed by atoms with Crippen LogP contribution in [-0.2, 0) is 28.6 Å². The summed E-state index contributed by atoms with van der Waals surface area (Å²) in [7, 11) is 4.40. The van der Waals surface area contributed by atoms with E-state index in [1.807, 2.05) is 0 Å². The predicted molar refractivity (Wildman–Crippen MR) is 275 cm³/mol. The van der Waals surface area contributed by atoms with Crippen molar-refractivity contribution in [2.75, 3.05) is 21.3 Å². The molecule has 0 N–H and O–H groups in total. The number of methoxy groups -OCH3 is 3. The summed E-state index contributed by atoms with van der Waals surface area (Å²) in [5.41, 5.74) is 0. The summed E-state index contributed by atoms with van der Waals surface area (Å²) in [4.78, 5) is 32.8. The fraction of sp³-hybridized carbons (Fsp3) is 0.947. The smallest absolute Gasteiger partial charge is 0.305 e. The van der Waals surface area contributed by atoms with Gasteiger partial charge in [-0.3, -0.25) is 14.4 Å². The van der Waals surface area contributed by atoms with Gasteiger partial charge in [0.15, 0.2) is 0 Å². The van der Waals surface area contributed by atoms with Crippen LogP contribution >= 0.6 is 0 Å². The van der Waals surface area contributed by atoms with Crippen molar-refractivity contribution in [3.8, 4) is 0 Å². The lowest BCUT2D eigenvalue weighted by Crippen LogP contribution is -1.99. The highest BCUT2D eigenvalue weighted by molar-refractivity contribution is 5.69. The standard InChI is InChI=1S/C21H42O2.C19H38O2.C17H34O2/c1-3-4-5-6-7-8-9-10-11-12-13-14-15-16-17-18-19-20-21(22)23-2;1-3-4-5-6-7-8-9-10-11-12-13-14-15-16-17-18-19(20)21-2;1-3-4-5-6-7-8-9-10-11-12-13-14-15-16-17(18)19-2/h3-20H2,1-2H3;3-18H2,1-2H3;3-16H2,1-2H3. The van der Waals surface area contributed by atoms with Crippen LogP contribution in [0.25, 0.3) is 0 Å². The van der Waals surface area contributed by atoms with E-state index in [0.29, 0.717) is 19.3 Å². The molecule has 6 heteroatoms. The first-order valence-corrected chi connectivity index (χ1v) is 28.1. The number of carbonyl (C=O) groups excluding carboxylic acids is 3. The number of rotatable bonds is 48. The molecule has 0 aliphatic heterocycles. The molecule has 63 heavy (non-hydrogen) atoms. The summed E-state index contributed by atoms with van der Waals surface area (Å²) >= 11 is 0. The zero-order chi connectivity index (χ0) is 46.8. The highest BCUT2D eigenvalue weighted by Gasteiger charge is 2.02.